The van der Waals surface area contributed by atoms with E-state index in [1.165, 1.54) is 6.07 Å². The van der Waals surface area contributed by atoms with E-state index in [-0.39, 0.29) is 5.69 Å². The van der Waals surface area contributed by atoms with Crippen molar-refractivity contribution in [1.29, 1.82) is 0 Å². The minimum atomic E-state index is -6.07. The van der Waals surface area contributed by atoms with Crippen molar-refractivity contribution in [3.8, 4) is 5.75 Å². The van der Waals surface area contributed by atoms with Crippen LogP contribution in [0.15, 0.2) is 180 Å². The van der Waals surface area contributed by atoms with Gasteiger partial charge in [0, 0.05) is 38.6 Å². The van der Waals surface area contributed by atoms with E-state index in [1.54, 1.807) is 41.3 Å². The Balaban J connectivity index is 1.35. The van der Waals surface area contributed by atoms with Crippen LogP contribution in [0, 0.1) is 0 Å². The summed E-state index contributed by atoms with van der Waals surface area (Å²) in [6.07, 6.45) is 0. The lowest BCUT2D eigenvalue weighted by molar-refractivity contribution is -0.0499. The third-order valence-corrected chi connectivity index (χ3v) is 10.5. The van der Waals surface area contributed by atoms with E-state index in [9.17, 15) is 21.6 Å². The third kappa shape index (κ3) is 6.06. The summed E-state index contributed by atoms with van der Waals surface area (Å²) >= 11 is 0. The molecule has 0 fully saturated rings. The van der Waals surface area contributed by atoms with Gasteiger partial charge < -0.3 is 18.4 Å². The molecule has 0 aliphatic rings. The standard InChI is InChI=1S/C45H29F3N2O4S/c46-45(47,48)55(51,52)54-44-27-25-34(29-41(44)50(32-16-2-1-3-17-32)40-22-11-15-31-13-5-7-19-36(31)40)49(39-21-10-14-30-12-4-6-18-35(30)39)33-24-26-43-38(28-33)37-20-8-9-23-42(37)53-43/h1-29H. The molecule has 8 aromatic carbocycles. The van der Waals surface area contributed by atoms with Crippen LogP contribution in [-0.4, -0.2) is 13.9 Å². The molecule has 0 bridgehead atoms. The molecule has 0 amide bonds. The van der Waals surface area contributed by atoms with Crippen molar-refractivity contribution in [2.45, 2.75) is 5.51 Å². The first-order chi connectivity index (χ1) is 26.7. The Bertz CT molecular complexity index is 2990. The molecule has 1 heterocycles. The summed E-state index contributed by atoms with van der Waals surface area (Å²) in [6, 6.07) is 54.2. The van der Waals surface area contributed by atoms with Gasteiger partial charge in [0.05, 0.1) is 17.1 Å². The SMILES string of the molecule is O=S(=O)(Oc1ccc(N(c2ccc3oc4ccccc4c3c2)c2cccc3ccccc23)cc1N(c1ccccc1)c1cccc2ccccc12)C(F)(F)F. The average Bonchev–Trinajstić information content (AvgIpc) is 3.57. The second kappa shape index (κ2) is 13.3. The lowest BCUT2D eigenvalue weighted by atomic mass is 10.0. The molecule has 0 unspecified atom stereocenters. The van der Waals surface area contributed by atoms with Crippen molar-refractivity contribution in [2.75, 3.05) is 9.80 Å². The number of para-hydroxylation sites is 2. The first kappa shape index (κ1) is 34.0. The number of hydrogen-bond donors (Lipinski definition) is 0. The van der Waals surface area contributed by atoms with E-state index >= 15 is 0 Å². The van der Waals surface area contributed by atoms with Gasteiger partial charge in [0.1, 0.15) is 11.2 Å². The number of alkyl halides is 3. The van der Waals surface area contributed by atoms with Crippen LogP contribution in [-0.2, 0) is 10.1 Å². The quantitative estimate of drug-likeness (QED) is 0.114. The first-order valence-electron chi connectivity index (χ1n) is 17.3. The van der Waals surface area contributed by atoms with Gasteiger partial charge in [0.2, 0.25) is 0 Å². The van der Waals surface area contributed by atoms with E-state index < -0.39 is 21.4 Å². The summed E-state index contributed by atoms with van der Waals surface area (Å²) in [7, 11) is -6.07. The molecule has 0 spiro atoms. The van der Waals surface area contributed by atoms with Gasteiger partial charge in [-0.25, -0.2) is 0 Å². The van der Waals surface area contributed by atoms with Gasteiger partial charge in [-0.05, 0) is 77.5 Å². The van der Waals surface area contributed by atoms with E-state index in [0.717, 1.165) is 49.3 Å². The van der Waals surface area contributed by atoms with Crippen LogP contribution < -0.4 is 14.0 Å². The fraction of sp³-hybridized carbons (Fsp3) is 0.0222. The summed E-state index contributed by atoms with van der Waals surface area (Å²) in [4.78, 5) is 3.72. The smallest absolute Gasteiger partial charge is 0.456 e. The molecule has 0 N–H and O–H groups in total. The highest BCUT2D eigenvalue weighted by atomic mass is 32.2. The average molecular weight is 751 g/mol. The lowest BCUT2D eigenvalue weighted by Crippen LogP contribution is -2.28. The maximum Gasteiger partial charge on any atom is 0.534 e. The lowest BCUT2D eigenvalue weighted by Gasteiger charge is -2.31. The highest BCUT2D eigenvalue weighted by Gasteiger charge is 2.49. The van der Waals surface area contributed by atoms with Crippen molar-refractivity contribution in [3.63, 3.8) is 0 Å². The molecule has 0 radical (unpaired) electrons. The fourth-order valence-electron chi connectivity index (χ4n) is 7.13. The highest BCUT2D eigenvalue weighted by Crippen LogP contribution is 2.49. The van der Waals surface area contributed by atoms with Crippen LogP contribution >= 0.6 is 0 Å². The van der Waals surface area contributed by atoms with E-state index in [4.69, 9.17) is 8.60 Å². The normalized spacial score (nSPS) is 12.1. The zero-order valence-corrected chi connectivity index (χ0v) is 29.6. The van der Waals surface area contributed by atoms with Gasteiger partial charge in [-0.3, -0.25) is 0 Å². The van der Waals surface area contributed by atoms with Crippen LogP contribution in [0.3, 0.4) is 0 Å². The van der Waals surface area contributed by atoms with Crippen LogP contribution in [0.1, 0.15) is 0 Å². The molecular weight excluding hydrogens is 722 g/mol. The molecule has 0 saturated carbocycles. The number of nitrogens with zero attached hydrogens (tertiary/aromatic N) is 2. The Kier molecular flexibility index (Phi) is 8.20. The number of hydrogen-bond acceptors (Lipinski definition) is 6. The van der Waals surface area contributed by atoms with Crippen LogP contribution in [0.2, 0.25) is 0 Å². The minimum Gasteiger partial charge on any atom is -0.456 e. The molecule has 0 aliphatic heterocycles. The van der Waals surface area contributed by atoms with Crippen molar-refractivity contribution in [3.05, 3.63) is 176 Å². The Labute approximate surface area is 314 Å². The van der Waals surface area contributed by atoms with Crippen LogP contribution in [0.5, 0.6) is 5.75 Å². The zero-order valence-electron chi connectivity index (χ0n) is 28.8. The Morgan fingerprint density at radius 1 is 0.455 bits per heavy atom. The van der Waals surface area contributed by atoms with E-state index in [0.29, 0.717) is 22.6 Å². The Morgan fingerprint density at radius 2 is 0.982 bits per heavy atom. The number of furan rings is 1. The van der Waals surface area contributed by atoms with Crippen LogP contribution in [0.4, 0.5) is 47.3 Å². The molecule has 0 saturated heterocycles. The monoisotopic (exact) mass is 750 g/mol. The highest BCUT2D eigenvalue weighted by molar-refractivity contribution is 7.88. The Morgan fingerprint density at radius 3 is 1.65 bits per heavy atom. The second-order valence-corrected chi connectivity index (χ2v) is 14.5. The molecule has 10 heteroatoms. The molecule has 9 aromatic rings. The number of fused-ring (bicyclic) bond motifs is 5. The Hall–Kier alpha value is -6.78. The molecule has 9 rings (SSSR count). The van der Waals surface area contributed by atoms with E-state index in [2.05, 4.69) is 0 Å². The van der Waals surface area contributed by atoms with E-state index in [1.807, 2.05) is 138 Å². The summed E-state index contributed by atoms with van der Waals surface area (Å²) in [6.45, 7) is 0. The molecule has 55 heavy (non-hydrogen) atoms. The fourth-order valence-corrected chi connectivity index (χ4v) is 7.60. The zero-order chi connectivity index (χ0) is 37.7. The molecule has 270 valence electrons. The predicted octanol–water partition coefficient (Wildman–Crippen LogP) is 13.1. The van der Waals surface area contributed by atoms with Crippen molar-refractivity contribution < 1.29 is 30.2 Å². The number of anilines is 6. The summed E-state index contributed by atoms with van der Waals surface area (Å²) < 4.78 is 78.5. The molecular formula is C45H29F3N2O4S. The van der Waals surface area contributed by atoms with Gasteiger partial charge in [-0.2, -0.15) is 21.6 Å². The van der Waals surface area contributed by atoms with Crippen molar-refractivity contribution in [2.24, 2.45) is 0 Å². The summed E-state index contributed by atoms with van der Waals surface area (Å²) in [5.74, 6) is -0.507. The molecule has 6 nitrogen and oxygen atoms in total. The topological polar surface area (TPSA) is 63.0 Å². The minimum absolute atomic E-state index is 0.0629. The molecule has 0 aliphatic carbocycles. The number of halogens is 3. The van der Waals surface area contributed by atoms with Gasteiger partial charge in [0.25, 0.3) is 0 Å². The summed E-state index contributed by atoms with van der Waals surface area (Å²) in [5, 5.41) is 5.34. The third-order valence-electron chi connectivity index (χ3n) is 9.57. The molecule has 1 aromatic heterocycles. The maximum atomic E-state index is 14.0. The van der Waals surface area contributed by atoms with Crippen LogP contribution in [0.25, 0.3) is 43.5 Å². The first-order valence-corrected chi connectivity index (χ1v) is 18.7. The van der Waals surface area contributed by atoms with Crippen molar-refractivity contribution >= 4 is 87.7 Å². The largest absolute Gasteiger partial charge is 0.534 e. The number of benzene rings is 8. The maximum absolute atomic E-state index is 14.0. The molecule has 0 atom stereocenters. The van der Waals surface area contributed by atoms with Gasteiger partial charge in [0.15, 0.2) is 5.75 Å². The van der Waals surface area contributed by atoms with Gasteiger partial charge >= 0.3 is 15.6 Å². The summed E-state index contributed by atoms with van der Waals surface area (Å²) in [5.41, 5.74) is -0.988. The second-order valence-electron chi connectivity index (χ2n) is 12.9. The number of rotatable bonds is 8. The van der Waals surface area contributed by atoms with Crippen molar-refractivity contribution in [1.82, 2.24) is 0 Å². The van der Waals surface area contributed by atoms with Gasteiger partial charge in [-0.15, -0.1) is 0 Å². The predicted molar refractivity (Wildman–Crippen MR) is 214 cm³/mol. The van der Waals surface area contributed by atoms with Gasteiger partial charge in [-0.1, -0.05) is 109 Å².